The van der Waals surface area contributed by atoms with E-state index in [4.69, 9.17) is 21.5 Å². The number of aliphatic imine (C=N–C) groups is 1. The first kappa shape index (κ1) is 17.6. The Balaban J connectivity index is 2.25. The Labute approximate surface area is 162 Å². The second-order valence-electron chi connectivity index (χ2n) is 5.30. The van der Waals surface area contributed by atoms with E-state index >= 15 is 0 Å². The number of rotatable bonds is 2. The lowest BCUT2D eigenvalue weighted by atomic mass is 9.95. The zero-order valence-electron chi connectivity index (χ0n) is 13.5. The topological polar surface area (TPSA) is 158 Å². The largest absolute Gasteiger partial charge is 0.496 e. The number of fused-ring (bicyclic) bond motifs is 1. The van der Waals surface area contributed by atoms with E-state index in [1.54, 1.807) is 7.11 Å². The minimum absolute atomic E-state index is 0.00778. The summed E-state index contributed by atoms with van der Waals surface area (Å²) in [6.07, 6.45) is 1.81. The third-order valence-corrected chi connectivity index (χ3v) is 4.74. The van der Waals surface area contributed by atoms with Crippen molar-refractivity contribution in [1.29, 1.82) is 10.5 Å². The summed E-state index contributed by atoms with van der Waals surface area (Å²) >= 11 is 2.16. The van der Waals surface area contributed by atoms with E-state index in [-0.39, 0.29) is 23.0 Å². The summed E-state index contributed by atoms with van der Waals surface area (Å²) < 4.78 is 6.31. The van der Waals surface area contributed by atoms with Crippen LogP contribution in [0, 0.1) is 26.4 Å². The summed E-state index contributed by atoms with van der Waals surface area (Å²) in [4.78, 5) is 8.71. The van der Waals surface area contributed by atoms with Gasteiger partial charge < -0.3 is 21.5 Å². The molecule has 0 saturated carbocycles. The zero-order valence-corrected chi connectivity index (χ0v) is 15.7. The van der Waals surface area contributed by atoms with Crippen molar-refractivity contribution >= 4 is 45.9 Å². The lowest BCUT2D eigenvalue weighted by Crippen LogP contribution is -2.32. The molecule has 0 saturated heterocycles. The molecule has 10 heteroatoms. The van der Waals surface area contributed by atoms with Gasteiger partial charge in [0, 0.05) is 5.56 Å². The summed E-state index contributed by atoms with van der Waals surface area (Å²) in [5.74, 6) is 1.23. The monoisotopic (exact) mass is 460 g/mol. The number of nitriles is 2. The van der Waals surface area contributed by atoms with Gasteiger partial charge >= 0.3 is 0 Å². The Hall–Kier alpha value is -3.25. The number of methoxy groups -OCH3 is 1. The fourth-order valence-electron chi connectivity index (χ4n) is 2.67. The maximum absolute atomic E-state index is 9.33. The van der Waals surface area contributed by atoms with E-state index in [1.807, 2.05) is 30.5 Å². The minimum atomic E-state index is -0.590. The molecule has 2 aromatic rings. The molecule has 0 radical (unpaired) electrons. The van der Waals surface area contributed by atoms with Crippen LogP contribution in [0.5, 0.6) is 5.75 Å². The van der Waals surface area contributed by atoms with E-state index in [0.717, 1.165) is 9.13 Å². The summed E-state index contributed by atoms with van der Waals surface area (Å²) in [5, 5.41) is 23.6. The number of nitrogens with one attached hydrogen (secondary N) is 2. The molecular weight excluding hydrogens is 447 g/mol. The number of guanidine groups is 1. The molecule has 130 valence electrons. The van der Waals surface area contributed by atoms with Crippen molar-refractivity contribution < 1.29 is 4.74 Å². The molecule has 1 aliphatic rings. The zero-order chi connectivity index (χ0) is 18.8. The van der Waals surface area contributed by atoms with Gasteiger partial charge in [-0.15, -0.1) is 0 Å². The van der Waals surface area contributed by atoms with Crippen LogP contribution in [-0.4, -0.2) is 18.1 Å². The molecule has 3 rings (SSSR count). The number of nitrogens with zero attached hydrogens (tertiary/aromatic N) is 4. The normalized spacial score (nSPS) is 14.9. The Morgan fingerprint density at radius 1 is 1.35 bits per heavy atom. The molecule has 1 unspecified atom stereocenters. The molecule has 0 fully saturated rings. The Morgan fingerprint density at radius 3 is 2.77 bits per heavy atom. The van der Waals surface area contributed by atoms with Crippen molar-refractivity contribution in [3.63, 3.8) is 0 Å². The van der Waals surface area contributed by atoms with E-state index < -0.39 is 6.04 Å². The van der Waals surface area contributed by atoms with Gasteiger partial charge in [-0.3, -0.25) is 5.32 Å². The van der Waals surface area contributed by atoms with Gasteiger partial charge in [0.25, 0.3) is 0 Å². The van der Waals surface area contributed by atoms with Gasteiger partial charge in [-0.05, 0) is 40.3 Å². The fraction of sp³-hybridized carbons (Fsp3) is 0.125. The molecule has 1 aliphatic heterocycles. The van der Waals surface area contributed by atoms with Gasteiger partial charge in [0.05, 0.1) is 16.4 Å². The van der Waals surface area contributed by atoms with E-state index in [2.05, 4.69) is 43.2 Å². The van der Waals surface area contributed by atoms with Crippen LogP contribution in [0.2, 0.25) is 0 Å². The number of hydrogen-bond donors (Lipinski definition) is 4. The number of aromatic nitrogens is 1. The van der Waals surface area contributed by atoms with Crippen LogP contribution in [-0.2, 0) is 0 Å². The van der Waals surface area contributed by atoms with Crippen LogP contribution in [0.3, 0.4) is 0 Å². The van der Waals surface area contributed by atoms with E-state index in [9.17, 15) is 5.26 Å². The molecular formula is C16H13IN8O. The van der Waals surface area contributed by atoms with Gasteiger partial charge in [0.15, 0.2) is 6.19 Å². The summed E-state index contributed by atoms with van der Waals surface area (Å²) in [6, 6.07) is 6.97. The van der Waals surface area contributed by atoms with Crippen molar-refractivity contribution in [3.05, 3.63) is 38.5 Å². The van der Waals surface area contributed by atoms with Crippen molar-refractivity contribution in [2.45, 2.75) is 6.04 Å². The lowest BCUT2D eigenvalue weighted by molar-refractivity contribution is 0.411. The summed E-state index contributed by atoms with van der Waals surface area (Å²) in [6.45, 7) is 0. The van der Waals surface area contributed by atoms with Gasteiger partial charge in [0.2, 0.25) is 5.96 Å². The smallest absolute Gasteiger partial charge is 0.211 e. The third kappa shape index (κ3) is 2.91. The molecule has 1 aromatic carbocycles. The van der Waals surface area contributed by atoms with Crippen LogP contribution in [0.4, 0.5) is 17.3 Å². The minimum Gasteiger partial charge on any atom is -0.496 e. The van der Waals surface area contributed by atoms with Gasteiger partial charge in [-0.2, -0.15) is 10.5 Å². The van der Waals surface area contributed by atoms with Crippen LogP contribution in [0.1, 0.15) is 22.7 Å². The Morgan fingerprint density at radius 2 is 2.12 bits per heavy atom. The first-order valence-corrected chi connectivity index (χ1v) is 8.40. The molecule has 26 heavy (non-hydrogen) atoms. The van der Waals surface area contributed by atoms with Crippen molar-refractivity contribution in [2.24, 2.45) is 4.99 Å². The Kier molecular flexibility index (Phi) is 4.69. The van der Waals surface area contributed by atoms with Crippen LogP contribution < -0.4 is 26.8 Å². The third-order valence-electron chi connectivity index (χ3n) is 3.85. The number of anilines is 3. The highest BCUT2D eigenvalue weighted by Crippen LogP contribution is 2.41. The molecule has 2 heterocycles. The highest BCUT2D eigenvalue weighted by molar-refractivity contribution is 14.1. The highest BCUT2D eigenvalue weighted by atomic mass is 127. The Bertz CT molecular complexity index is 1000. The van der Waals surface area contributed by atoms with Gasteiger partial charge in [-0.1, -0.05) is 6.07 Å². The average Bonchev–Trinajstić information content (AvgIpc) is 2.62. The fourth-order valence-corrected chi connectivity index (χ4v) is 3.22. The van der Waals surface area contributed by atoms with Crippen LogP contribution in [0.15, 0.2) is 23.2 Å². The highest BCUT2D eigenvalue weighted by Gasteiger charge is 2.30. The van der Waals surface area contributed by atoms with Crippen LogP contribution >= 0.6 is 22.6 Å². The van der Waals surface area contributed by atoms with Crippen molar-refractivity contribution in [3.8, 4) is 18.0 Å². The second kappa shape index (κ2) is 6.93. The average molecular weight is 460 g/mol. The van der Waals surface area contributed by atoms with Gasteiger partial charge in [-0.25, -0.2) is 9.98 Å². The molecule has 1 aromatic heterocycles. The van der Waals surface area contributed by atoms with E-state index in [1.165, 1.54) is 0 Å². The molecule has 6 N–H and O–H groups in total. The predicted octanol–water partition coefficient (Wildman–Crippen LogP) is 1.67. The van der Waals surface area contributed by atoms with Crippen molar-refractivity contribution in [2.75, 3.05) is 23.9 Å². The second-order valence-corrected chi connectivity index (χ2v) is 6.46. The number of pyridine rings is 1. The predicted molar refractivity (Wildman–Crippen MR) is 105 cm³/mol. The molecule has 9 nitrogen and oxygen atoms in total. The summed E-state index contributed by atoms with van der Waals surface area (Å²) in [5.41, 5.74) is 13.6. The molecule has 1 atom stereocenters. The van der Waals surface area contributed by atoms with E-state index in [0.29, 0.717) is 17.1 Å². The molecule has 0 spiro atoms. The summed E-state index contributed by atoms with van der Waals surface area (Å²) in [7, 11) is 1.58. The number of benzene rings is 1. The number of hydrogen-bond acceptors (Lipinski definition) is 9. The SMILES string of the molecule is COc1cc(C2N=C(NC#N)Nc3nc(N)c(C#N)c(N)c32)ccc1I. The first-order chi connectivity index (χ1) is 12.5. The standard InChI is InChI=1S/C16H13IN8O/c1-26-10-4-7(2-3-9(10)17)13-11-12(20)8(5-18)14(21)24-15(11)25-16(23-13)22-6-19/h2-4,13H,1H3,(H6,20,21,22,23,24,25). The number of halogens is 1. The maximum Gasteiger partial charge on any atom is 0.211 e. The number of nitrogens with two attached hydrogens (primary N) is 2. The van der Waals surface area contributed by atoms with Crippen molar-refractivity contribution in [1.82, 2.24) is 10.3 Å². The quantitative estimate of drug-likeness (QED) is 0.299. The lowest BCUT2D eigenvalue weighted by Gasteiger charge is -2.26. The van der Waals surface area contributed by atoms with Gasteiger partial charge in [0.1, 0.15) is 35.1 Å². The maximum atomic E-state index is 9.33. The van der Waals surface area contributed by atoms with Crippen LogP contribution in [0.25, 0.3) is 0 Å². The molecule has 0 bridgehead atoms. The first-order valence-electron chi connectivity index (χ1n) is 7.32. The number of nitrogen functional groups attached to an aromatic ring is 2. The number of ether oxygens (including phenoxy) is 1. The molecule has 0 amide bonds. The molecule has 0 aliphatic carbocycles.